The van der Waals surface area contributed by atoms with Gasteiger partial charge in [0.15, 0.2) is 6.61 Å². The zero-order valence-electron chi connectivity index (χ0n) is 21.5. The van der Waals surface area contributed by atoms with Crippen molar-refractivity contribution in [3.8, 4) is 5.75 Å². The molecular weight excluding hydrogens is 575 g/mol. The molecule has 0 fully saturated rings. The first-order chi connectivity index (χ1) is 19.0. The number of aromatic carboxylic acids is 1. The fourth-order valence-electron chi connectivity index (χ4n) is 3.20. The Morgan fingerprint density at radius 1 is 1.05 bits per heavy atom. The van der Waals surface area contributed by atoms with E-state index in [2.05, 4.69) is 25.8 Å². The number of aliphatic carboxylic acids is 1. The van der Waals surface area contributed by atoms with E-state index in [9.17, 15) is 28.3 Å². The second-order valence-electron chi connectivity index (χ2n) is 7.74. The summed E-state index contributed by atoms with van der Waals surface area (Å²) >= 11 is 5.98. The van der Waals surface area contributed by atoms with Gasteiger partial charge in [-0.15, -0.1) is 0 Å². The van der Waals surface area contributed by atoms with Crippen LogP contribution >= 0.6 is 11.6 Å². The third-order valence-corrected chi connectivity index (χ3v) is 5.18. The number of amides is 2. The van der Waals surface area contributed by atoms with Gasteiger partial charge in [0.05, 0.1) is 22.4 Å². The first-order valence-corrected chi connectivity index (χ1v) is 11.5. The van der Waals surface area contributed by atoms with Crippen molar-refractivity contribution >= 4 is 51.9 Å². The van der Waals surface area contributed by atoms with Crippen molar-refractivity contribution < 1.29 is 67.7 Å². The molecule has 0 saturated carbocycles. The van der Waals surface area contributed by atoms with Crippen LogP contribution in [0.3, 0.4) is 0 Å². The topological polar surface area (TPSA) is 166 Å². The number of anilines is 1. The molecule has 0 unspecified atom stereocenters. The maximum absolute atomic E-state index is 13.0. The largest absolute Gasteiger partial charge is 1.00 e. The Morgan fingerprint density at radius 2 is 1.71 bits per heavy atom. The van der Waals surface area contributed by atoms with Gasteiger partial charge < -0.3 is 25.1 Å². The maximum Gasteiger partial charge on any atom is 1.00 e. The predicted octanol–water partition coefficient (Wildman–Crippen LogP) is 0.625. The Balaban J connectivity index is 0.000000301. The molecule has 2 amide bonds. The standard InChI is InChI=1S/C15H12F2N4O3.C11H8ClNO3.Na/c1-8(13-12(14(22)23)3-2-4-18-13)20-21-15(24)19-11-6-9(16)5-10(17)7-11;12-8-3-4-9(16-6-10(14)15)11-7(8)2-1-5-13-11;/h2-7H,1H3,(H,22,23)(H2,19,21,24);1-5H,6H2,(H,14,15);/q;;+1/p-1/b20-8+;;. The molecular formula is C26H19ClF2N5NaO6. The number of carboxylic acids is 2. The number of carbonyl (C=O) groups is 3. The number of ether oxygens (including phenoxy) is 1. The molecule has 15 heteroatoms. The van der Waals surface area contributed by atoms with Crippen LogP contribution in [0.1, 0.15) is 23.0 Å². The van der Waals surface area contributed by atoms with Gasteiger partial charge in [0.25, 0.3) is 0 Å². The monoisotopic (exact) mass is 593 g/mol. The van der Waals surface area contributed by atoms with E-state index in [1.54, 1.807) is 30.5 Å². The number of halogens is 3. The van der Waals surface area contributed by atoms with Crippen molar-refractivity contribution in [3.05, 3.63) is 94.9 Å². The number of hydrogen-bond acceptors (Lipinski definition) is 8. The fourth-order valence-corrected chi connectivity index (χ4v) is 3.41. The van der Waals surface area contributed by atoms with E-state index in [4.69, 9.17) is 21.4 Å². The minimum Gasteiger partial charge on any atom is -0.545 e. The Labute approximate surface area is 258 Å². The van der Waals surface area contributed by atoms with Gasteiger partial charge in [-0.25, -0.2) is 23.8 Å². The maximum atomic E-state index is 13.0. The number of fused-ring (bicyclic) bond motifs is 1. The molecule has 4 aromatic rings. The molecule has 0 aliphatic rings. The Bertz CT molecular complexity index is 1590. The van der Waals surface area contributed by atoms with Crippen LogP contribution in [0, 0.1) is 11.6 Å². The van der Waals surface area contributed by atoms with Crippen LogP contribution in [0.4, 0.5) is 19.3 Å². The van der Waals surface area contributed by atoms with E-state index < -0.39 is 36.2 Å². The molecule has 206 valence electrons. The molecule has 0 saturated heterocycles. The summed E-state index contributed by atoms with van der Waals surface area (Å²) in [5.41, 5.74) is 2.48. The number of benzene rings is 2. The van der Waals surface area contributed by atoms with Crippen molar-refractivity contribution in [2.24, 2.45) is 5.10 Å². The number of hydrazone groups is 1. The third-order valence-electron chi connectivity index (χ3n) is 4.85. The second kappa shape index (κ2) is 15.6. The number of rotatable bonds is 7. The van der Waals surface area contributed by atoms with Crippen LogP contribution in [0.5, 0.6) is 5.75 Å². The second-order valence-corrected chi connectivity index (χ2v) is 8.14. The van der Waals surface area contributed by atoms with Gasteiger partial charge in [0.2, 0.25) is 0 Å². The van der Waals surface area contributed by atoms with Crippen LogP contribution in [0.2, 0.25) is 5.02 Å². The molecule has 11 nitrogen and oxygen atoms in total. The first-order valence-electron chi connectivity index (χ1n) is 11.2. The molecule has 0 bridgehead atoms. The third kappa shape index (κ3) is 9.76. The molecule has 3 N–H and O–H groups in total. The van der Waals surface area contributed by atoms with E-state index in [1.807, 2.05) is 0 Å². The Morgan fingerprint density at radius 3 is 2.37 bits per heavy atom. The Kier molecular flexibility index (Phi) is 12.5. The van der Waals surface area contributed by atoms with Crippen LogP contribution in [-0.4, -0.2) is 45.4 Å². The zero-order chi connectivity index (χ0) is 29.2. The van der Waals surface area contributed by atoms with Gasteiger partial charge in [-0.1, -0.05) is 11.6 Å². The summed E-state index contributed by atoms with van der Waals surface area (Å²) < 4.78 is 31.2. The average molecular weight is 594 g/mol. The number of pyridine rings is 2. The number of urea groups is 1. The number of carboxylic acid groups (broad SMARTS) is 2. The predicted molar refractivity (Wildman–Crippen MR) is 139 cm³/mol. The van der Waals surface area contributed by atoms with E-state index in [1.165, 1.54) is 25.3 Å². The molecule has 41 heavy (non-hydrogen) atoms. The molecule has 0 aliphatic carbocycles. The van der Waals surface area contributed by atoms with Crippen molar-refractivity contribution in [3.63, 3.8) is 0 Å². The molecule has 0 radical (unpaired) electrons. The minimum absolute atomic E-state index is 0. The van der Waals surface area contributed by atoms with Gasteiger partial charge >= 0.3 is 41.6 Å². The van der Waals surface area contributed by atoms with Crippen LogP contribution < -0.4 is 50.1 Å². The van der Waals surface area contributed by atoms with Crippen molar-refractivity contribution in [1.29, 1.82) is 0 Å². The summed E-state index contributed by atoms with van der Waals surface area (Å²) in [5, 5.41) is 26.7. The van der Waals surface area contributed by atoms with Gasteiger partial charge in [-0.3, -0.25) is 9.97 Å². The van der Waals surface area contributed by atoms with Crippen molar-refractivity contribution in [2.75, 3.05) is 11.9 Å². The Hall–Kier alpha value is -4.17. The van der Waals surface area contributed by atoms with Crippen LogP contribution in [-0.2, 0) is 4.79 Å². The van der Waals surface area contributed by atoms with Gasteiger partial charge in [0.1, 0.15) is 22.9 Å². The van der Waals surface area contributed by atoms with Gasteiger partial charge in [0, 0.05) is 35.1 Å². The summed E-state index contributed by atoms with van der Waals surface area (Å²) in [7, 11) is 0. The van der Waals surface area contributed by atoms with Crippen molar-refractivity contribution in [2.45, 2.75) is 6.92 Å². The van der Waals surface area contributed by atoms with Crippen LogP contribution in [0.15, 0.2) is 72.1 Å². The number of carbonyl (C=O) groups excluding carboxylic acids is 2. The molecule has 0 atom stereocenters. The summed E-state index contributed by atoms with van der Waals surface area (Å²) in [4.78, 5) is 41.0. The summed E-state index contributed by atoms with van der Waals surface area (Å²) in [6, 6.07) is 11.2. The minimum atomic E-state index is -1.44. The van der Waals surface area contributed by atoms with Gasteiger partial charge in [-0.05, 0) is 55.5 Å². The average Bonchev–Trinajstić information content (AvgIpc) is 2.91. The number of hydrogen-bond donors (Lipinski definition) is 3. The summed E-state index contributed by atoms with van der Waals surface area (Å²) in [5.74, 6) is -3.75. The normalized spacial score (nSPS) is 10.5. The fraction of sp³-hybridized carbons (Fsp3) is 0.0769. The summed E-state index contributed by atoms with van der Waals surface area (Å²) in [6.45, 7) is 1.03. The summed E-state index contributed by atoms with van der Waals surface area (Å²) in [6.07, 6.45) is 2.96. The molecule has 0 aliphatic heterocycles. The molecule has 4 rings (SSSR count). The smallest absolute Gasteiger partial charge is 0.545 e. The zero-order valence-corrected chi connectivity index (χ0v) is 24.3. The first kappa shape index (κ1) is 33.0. The number of nitrogens with one attached hydrogen (secondary N) is 2. The van der Waals surface area contributed by atoms with E-state index in [-0.39, 0.29) is 52.2 Å². The quantitative estimate of drug-likeness (QED) is 0.159. The molecule has 0 spiro atoms. The van der Waals surface area contributed by atoms with E-state index in [0.29, 0.717) is 22.4 Å². The molecule has 2 heterocycles. The molecule has 2 aromatic carbocycles. The SMILES string of the molecule is C/C(=N\NC(=O)Nc1cc(F)cc(F)c1)c1ncccc1C(=O)[O-].O=C(O)COc1ccc(Cl)c2cccnc12.[Na+]. The number of aromatic nitrogens is 2. The van der Waals surface area contributed by atoms with Crippen LogP contribution in [0.25, 0.3) is 10.9 Å². The van der Waals surface area contributed by atoms with Gasteiger partial charge in [-0.2, -0.15) is 5.10 Å². The van der Waals surface area contributed by atoms with E-state index in [0.717, 1.165) is 17.5 Å². The van der Waals surface area contributed by atoms with E-state index >= 15 is 0 Å². The number of nitrogens with zero attached hydrogens (tertiary/aromatic N) is 3. The molecule has 2 aromatic heterocycles. The van der Waals surface area contributed by atoms with Crippen molar-refractivity contribution in [1.82, 2.24) is 15.4 Å².